The zero-order valence-corrected chi connectivity index (χ0v) is 7.15. The van der Waals surface area contributed by atoms with Crippen LogP contribution in [0.5, 0.6) is 0 Å². The van der Waals surface area contributed by atoms with Crippen molar-refractivity contribution in [3.05, 3.63) is 0 Å². The highest BCUT2D eigenvalue weighted by atomic mass is 19.5. The first-order chi connectivity index (χ1) is 5.08. The van der Waals surface area contributed by atoms with Gasteiger partial charge in [-0.25, -0.2) is 0 Å². The van der Waals surface area contributed by atoms with Gasteiger partial charge in [0, 0.05) is 0 Å². The van der Waals surface area contributed by atoms with E-state index in [4.69, 9.17) is 0 Å². The van der Waals surface area contributed by atoms with E-state index in [2.05, 4.69) is 25.7 Å². The number of rotatable bonds is 3. The number of hydrogen-bond acceptors (Lipinski definition) is 2. The maximum atomic E-state index is 9.50. The topological polar surface area (TPSA) is 6.48 Å². The average molecular weight is 172 g/mol. The zero-order valence-electron chi connectivity index (χ0n) is 7.15. The Bertz CT molecular complexity index is 58.6. The summed E-state index contributed by atoms with van der Waals surface area (Å²) in [4.78, 5) is 2.38. The van der Waals surface area contributed by atoms with Crippen molar-refractivity contribution in [2.45, 2.75) is 20.8 Å². The SMILES string of the molecule is CCN(CC)CC.FN(F)F. The zero-order chi connectivity index (χ0) is 9.28. The lowest BCUT2D eigenvalue weighted by molar-refractivity contribution is -0.295. The molecule has 0 aliphatic carbocycles. The van der Waals surface area contributed by atoms with E-state index in [0.29, 0.717) is 0 Å². The van der Waals surface area contributed by atoms with Crippen molar-refractivity contribution >= 4 is 0 Å². The summed E-state index contributed by atoms with van der Waals surface area (Å²) < 4.78 is 28.5. The van der Waals surface area contributed by atoms with Gasteiger partial charge in [0.2, 0.25) is 0 Å². The Hall–Kier alpha value is -0.290. The van der Waals surface area contributed by atoms with Gasteiger partial charge in [0.1, 0.15) is 0 Å². The summed E-state index contributed by atoms with van der Waals surface area (Å²) in [5, 5.41) is 0. The highest BCUT2D eigenvalue weighted by Gasteiger charge is 1.89. The van der Waals surface area contributed by atoms with Crippen molar-refractivity contribution < 1.29 is 13.4 Å². The fraction of sp³-hybridized carbons (Fsp3) is 1.00. The second-order valence-electron chi connectivity index (χ2n) is 1.81. The smallest absolute Gasteiger partial charge is 0.199 e. The van der Waals surface area contributed by atoms with Gasteiger partial charge in [-0.3, -0.25) is 0 Å². The van der Waals surface area contributed by atoms with Crippen molar-refractivity contribution in [1.29, 1.82) is 0 Å². The molecule has 11 heavy (non-hydrogen) atoms. The first kappa shape index (κ1) is 13.3. The van der Waals surface area contributed by atoms with E-state index in [9.17, 15) is 13.4 Å². The first-order valence-corrected chi connectivity index (χ1v) is 3.58. The molecule has 0 atom stereocenters. The van der Waals surface area contributed by atoms with Gasteiger partial charge in [-0.1, -0.05) is 34.2 Å². The Morgan fingerprint density at radius 1 is 0.818 bits per heavy atom. The van der Waals surface area contributed by atoms with Crippen LogP contribution < -0.4 is 0 Å². The van der Waals surface area contributed by atoms with Crippen LogP contribution in [0, 0.1) is 0 Å². The van der Waals surface area contributed by atoms with Crippen LogP contribution in [0.25, 0.3) is 0 Å². The fourth-order valence-electron chi connectivity index (χ4n) is 0.671. The van der Waals surface area contributed by atoms with Crippen LogP contribution in [0.2, 0.25) is 0 Å². The summed E-state index contributed by atoms with van der Waals surface area (Å²) in [6.07, 6.45) is 0. The van der Waals surface area contributed by atoms with Crippen LogP contribution in [0.3, 0.4) is 0 Å². The summed E-state index contributed by atoms with van der Waals surface area (Å²) in [6, 6.07) is 0. The monoisotopic (exact) mass is 172 g/mol. The summed E-state index contributed by atoms with van der Waals surface area (Å²) in [6.45, 7) is 10.1. The van der Waals surface area contributed by atoms with Gasteiger partial charge in [-0.15, -0.1) is 0 Å². The van der Waals surface area contributed by atoms with Crippen molar-refractivity contribution in [3.8, 4) is 0 Å². The predicted octanol–water partition coefficient (Wildman–Crippen LogP) is 2.29. The Kier molecular flexibility index (Phi) is 11.7. The van der Waals surface area contributed by atoms with Gasteiger partial charge >= 0.3 is 0 Å². The molecule has 0 aliphatic heterocycles. The summed E-state index contributed by atoms with van der Waals surface area (Å²) in [5.74, 6) is 0. The molecule has 0 radical (unpaired) electrons. The number of hydrogen-bond donors (Lipinski definition) is 0. The van der Waals surface area contributed by atoms with E-state index >= 15 is 0 Å². The number of nitrogens with zero attached hydrogens (tertiary/aromatic N) is 2. The maximum Gasteiger partial charge on any atom is 0.199 e. The molecule has 0 aromatic rings. The largest absolute Gasteiger partial charge is 0.304 e. The molecule has 0 aromatic heterocycles. The minimum absolute atomic E-state index is 1.19. The molecule has 0 heterocycles. The molecule has 70 valence electrons. The van der Waals surface area contributed by atoms with Gasteiger partial charge in [0.25, 0.3) is 0 Å². The third kappa shape index (κ3) is 17.7. The second-order valence-corrected chi connectivity index (χ2v) is 1.81. The van der Waals surface area contributed by atoms with Crippen LogP contribution in [-0.4, -0.2) is 30.1 Å². The minimum Gasteiger partial charge on any atom is -0.304 e. The Labute approximate surface area is 65.4 Å². The van der Waals surface area contributed by atoms with Crippen molar-refractivity contribution in [3.63, 3.8) is 0 Å². The van der Waals surface area contributed by atoms with Gasteiger partial charge < -0.3 is 4.90 Å². The Morgan fingerprint density at radius 3 is 1.00 bits per heavy atom. The van der Waals surface area contributed by atoms with Crippen LogP contribution >= 0.6 is 0 Å². The molecule has 0 N–H and O–H groups in total. The minimum atomic E-state index is -2.50. The van der Waals surface area contributed by atoms with E-state index in [1.165, 1.54) is 19.6 Å². The molecule has 0 rings (SSSR count). The molecule has 2 nitrogen and oxygen atoms in total. The van der Waals surface area contributed by atoms with Crippen molar-refractivity contribution in [1.82, 2.24) is 10.5 Å². The lowest BCUT2D eigenvalue weighted by Gasteiger charge is -2.13. The van der Waals surface area contributed by atoms with E-state index < -0.39 is 5.57 Å². The average Bonchev–Trinajstić information content (AvgIpc) is 1.90. The second kappa shape index (κ2) is 9.71. The molecular weight excluding hydrogens is 157 g/mol. The van der Waals surface area contributed by atoms with Gasteiger partial charge in [0.15, 0.2) is 5.57 Å². The highest BCUT2D eigenvalue weighted by Crippen LogP contribution is 1.82. The standard InChI is InChI=1S/C6H15N.F3N/c1-4-7(5-2)6-3;1-4(2)3/h4-6H2,1-3H3;. The Balaban J connectivity index is 0. The summed E-state index contributed by atoms with van der Waals surface area (Å²) in [5.41, 5.74) is -2.50. The van der Waals surface area contributed by atoms with E-state index in [1.807, 2.05) is 0 Å². The van der Waals surface area contributed by atoms with E-state index in [0.717, 1.165) is 0 Å². The molecule has 0 unspecified atom stereocenters. The van der Waals surface area contributed by atoms with Gasteiger partial charge in [-0.05, 0) is 19.6 Å². The quantitative estimate of drug-likeness (QED) is 0.602. The molecular formula is C6H15F3N2. The van der Waals surface area contributed by atoms with Gasteiger partial charge in [0.05, 0.1) is 0 Å². The van der Waals surface area contributed by atoms with Crippen LogP contribution in [0.15, 0.2) is 0 Å². The predicted molar refractivity (Wildman–Crippen MR) is 38.6 cm³/mol. The normalized spacial score (nSPS) is 9.82. The number of halogens is 3. The molecule has 5 heteroatoms. The van der Waals surface area contributed by atoms with Crippen LogP contribution in [0.1, 0.15) is 20.8 Å². The maximum absolute atomic E-state index is 9.50. The summed E-state index contributed by atoms with van der Waals surface area (Å²) >= 11 is 0. The lowest BCUT2D eigenvalue weighted by Crippen LogP contribution is -2.21. The molecule has 0 spiro atoms. The van der Waals surface area contributed by atoms with Crippen LogP contribution in [0.4, 0.5) is 13.4 Å². The van der Waals surface area contributed by atoms with Crippen LogP contribution in [-0.2, 0) is 0 Å². The Morgan fingerprint density at radius 2 is 1.00 bits per heavy atom. The summed E-state index contributed by atoms with van der Waals surface area (Å²) in [7, 11) is 0. The lowest BCUT2D eigenvalue weighted by atomic mass is 10.5. The molecule has 0 fully saturated rings. The molecule has 0 aromatic carbocycles. The van der Waals surface area contributed by atoms with Crippen molar-refractivity contribution in [2.24, 2.45) is 0 Å². The van der Waals surface area contributed by atoms with Crippen molar-refractivity contribution in [2.75, 3.05) is 19.6 Å². The highest BCUT2D eigenvalue weighted by molar-refractivity contribution is 4.43. The molecule has 0 saturated heterocycles. The molecule has 0 amide bonds. The molecule has 0 bridgehead atoms. The molecule has 0 saturated carbocycles. The molecule has 0 aliphatic rings. The van der Waals surface area contributed by atoms with E-state index in [-0.39, 0.29) is 0 Å². The van der Waals surface area contributed by atoms with Gasteiger partial charge in [-0.2, -0.15) is 0 Å². The third-order valence-corrected chi connectivity index (χ3v) is 1.34. The third-order valence-electron chi connectivity index (χ3n) is 1.34. The first-order valence-electron chi connectivity index (χ1n) is 3.58. The fourth-order valence-corrected chi connectivity index (χ4v) is 0.671. The van der Waals surface area contributed by atoms with E-state index in [1.54, 1.807) is 0 Å².